The van der Waals surface area contributed by atoms with Crippen molar-refractivity contribution in [2.24, 2.45) is 0 Å². The summed E-state index contributed by atoms with van der Waals surface area (Å²) < 4.78 is 5.60. The van der Waals surface area contributed by atoms with Crippen LogP contribution in [0.5, 0.6) is 5.75 Å². The summed E-state index contributed by atoms with van der Waals surface area (Å²) >= 11 is 0. The number of ether oxygens (including phenoxy) is 1. The van der Waals surface area contributed by atoms with Gasteiger partial charge in [0.25, 0.3) is 0 Å². The first-order valence-corrected chi connectivity index (χ1v) is 5.67. The summed E-state index contributed by atoms with van der Waals surface area (Å²) in [5.74, 6) is 0.710. The maximum Gasteiger partial charge on any atom is 0.142 e. The van der Waals surface area contributed by atoms with Crippen LogP contribution in [0.4, 0.5) is 11.4 Å². The van der Waals surface area contributed by atoms with Crippen molar-refractivity contribution in [3.8, 4) is 5.75 Å². The minimum Gasteiger partial charge on any atom is -0.490 e. The van der Waals surface area contributed by atoms with Gasteiger partial charge in [-0.05, 0) is 31.3 Å². The van der Waals surface area contributed by atoms with Crippen LogP contribution in [0.2, 0.25) is 0 Å². The molecule has 1 rings (SSSR count). The molecule has 0 aliphatic heterocycles. The van der Waals surface area contributed by atoms with Gasteiger partial charge in [0.05, 0.1) is 5.69 Å². The van der Waals surface area contributed by atoms with E-state index in [1.54, 1.807) is 12.1 Å². The molecule has 0 radical (unpaired) electrons. The van der Waals surface area contributed by atoms with Gasteiger partial charge in [-0.2, -0.15) is 0 Å². The van der Waals surface area contributed by atoms with Crippen LogP contribution in [0.3, 0.4) is 0 Å². The van der Waals surface area contributed by atoms with Crippen molar-refractivity contribution < 1.29 is 4.74 Å². The maximum absolute atomic E-state index is 5.78. The van der Waals surface area contributed by atoms with Gasteiger partial charge in [-0.15, -0.1) is 37.2 Å². The first-order valence-electron chi connectivity index (χ1n) is 5.67. The molecule has 7 heteroatoms. The van der Waals surface area contributed by atoms with Crippen molar-refractivity contribution in [2.75, 3.05) is 37.7 Å². The molecular weight excluding hydrogens is 309 g/mol. The third-order valence-corrected chi connectivity index (χ3v) is 2.59. The summed E-state index contributed by atoms with van der Waals surface area (Å²) in [4.78, 5) is 2.30. The van der Waals surface area contributed by atoms with E-state index in [1.807, 2.05) is 6.07 Å². The number of hydrogen-bond acceptors (Lipinski definition) is 4. The number of nitrogens with zero attached hydrogens (tertiary/aromatic N) is 1. The highest BCUT2D eigenvalue weighted by Crippen LogP contribution is 2.23. The summed E-state index contributed by atoms with van der Waals surface area (Å²) in [5.41, 5.74) is 12.6. The first kappa shape index (κ1) is 23.5. The lowest BCUT2D eigenvalue weighted by Gasteiger charge is -2.18. The SMILES string of the molecule is CCN(CC)CCOc1ccc(N)cc1N.Cl.Cl.Cl. The Morgan fingerprint density at radius 1 is 1.05 bits per heavy atom. The van der Waals surface area contributed by atoms with Gasteiger partial charge in [-0.1, -0.05) is 13.8 Å². The maximum atomic E-state index is 5.78. The Morgan fingerprint density at radius 2 is 1.63 bits per heavy atom. The molecule has 0 unspecified atom stereocenters. The zero-order valence-electron chi connectivity index (χ0n) is 11.3. The summed E-state index contributed by atoms with van der Waals surface area (Å²) in [5, 5.41) is 0. The largest absolute Gasteiger partial charge is 0.490 e. The standard InChI is InChI=1S/C12H21N3O.3ClH/c1-3-15(4-2)7-8-16-12-6-5-10(13)9-11(12)14;;;/h5-6,9H,3-4,7-8,13-14H2,1-2H3;3*1H. The van der Waals surface area contributed by atoms with Crippen molar-refractivity contribution in [3.05, 3.63) is 18.2 Å². The molecule has 0 bridgehead atoms. The Kier molecular flexibility index (Phi) is 15.5. The van der Waals surface area contributed by atoms with E-state index in [-0.39, 0.29) is 37.2 Å². The van der Waals surface area contributed by atoms with Crippen LogP contribution in [-0.4, -0.2) is 31.1 Å². The average molecular weight is 333 g/mol. The van der Waals surface area contributed by atoms with Gasteiger partial charge >= 0.3 is 0 Å². The number of anilines is 2. The molecule has 0 saturated heterocycles. The van der Waals surface area contributed by atoms with Crippen molar-refractivity contribution in [3.63, 3.8) is 0 Å². The molecule has 0 aromatic heterocycles. The Hall–Kier alpha value is -0.550. The Balaban J connectivity index is -0.000000853. The van der Waals surface area contributed by atoms with Crippen molar-refractivity contribution in [1.82, 2.24) is 4.90 Å². The van der Waals surface area contributed by atoms with E-state index in [0.29, 0.717) is 23.7 Å². The summed E-state index contributed by atoms with van der Waals surface area (Å²) in [7, 11) is 0. The van der Waals surface area contributed by atoms with Crippen molar-refractivity contribution in [1.29, 1.82) is 0 Å². The molecule has 0 aliphatic rings. The fourth-order valence-electron chi connectivity index (χ4n) is 1.52. The number of benzene rings is 1. The summed E-state index contributed by atoms with van der Waals surface area (Å²) in [6.45, 7) is 7.92. The Morgan fingerprint density at radius 3 is 2.11 bits per heavy atom. The van der Waals surface area contributed by atoms with Crippen LogP contribution in [0.15, 0.2) is 18.2 Å². The third-order valence-electron chi connectivity index (χ3n) is 2.59. The van der Waals surface area contributed by atoms with E-state index in [2.05, 4.69) is 18.7 Å². The molecule has 19 heavy (non-hydrogen) atoms. The number of nitrogens with two attached hydrogens (primary N) is 2. The smallest absolute Gasteiger partial charge is 0.142 e. The molecule has 4 nitrogen and oxygen atoms in total. The molecule has 1 aromatic rings. The molecule has 0 saturated carbocycles. The van der Waals surface area contributed by atoms with Gasteiger partial charge in [0, 0.05) is 12.2 Å². The highest BCUT2D eigenvalue weighted by atomic mass is 35.5. The van der Waals surface area contributed by atoms with E-state index in [1.165, 1.54) is 0 Å². The summed E-state index contributed by atoms with van der Waals surface area (Å²) in [6.07, 6.45) is 0. The van der Waals surface area contributed by atoms with Gasteiger partial charge in [0.1, 0.15) is 12.4 Å². The molecule has 0 amide bonds. The normalized spacial score (nSPS) is 9.00. The fourth-order valence-corrected chi connectivity index (χ4v) is 1.52. The minimum atomic E-state index is 0. The second-order valence-electron chi connectivity index (χ2n) is 3.67. The first-order chi connectivity index (χ1) is 7.67. The Labute approximate surface area is 134 Å². The molecule has 4 N–H and O–H groups in total. The molecule has 0 aliphatic carbocycles. The predicted octanol–water partition coefficient (Wildman–Crippen LogP) is 2.84. The van der Waals surface area contributed by atoms with E-state index in [0.717, 1.165) is 19.6 Å². The second kappa shape index (κ2) is 12.5. The Bertz CT molecular complexity index is 336. The lowest BCUT2D eigenvalue weighted by Crippen LogP contribution is -2.28. The van der Waals surface area contributed by atoms with E-state index >= 15 is 0 Å². The highest BCUT2D eigenvalue weighted by molar-refractivity contribution is 5.86. The monoisotopic (exact) mass is 331 g/mol. The van der Waals surface area contributed by atoms with Crippen molar-refractivity contribution >= 4 is 48.6 Å². The molecule has 114 valence electrons. The van der Waals surface area contributed by atoms with E-state index in [9.17, 15) is 0 Å². The molecule has 0 heterocycles. The van der Waals surface area contributed by atoms with Crippen LogP contribution < -0.4 is 16.2 Å². The van der Waals surface area contributed by atoms with Crippen LogP contribution in [-0.2, 0) is 0 Å². The van der Waals surface area contributed by atoms with Gasteiger partial charge < -0.3 is 21.1 Å². The lowest BCUT2D eigenvalue weighted by atomic mass is 10.2. The van der Waals surface area contributed by atoms with Crippen LogP contribution in [0.25, 0.3) is 0 Å². The fraction of sp³-hybridized carbons (Fsp3) is 0.500. The van der Waals surface area contributed by atoms with Crippen LogP contribution in [0.1, 0.15) is 13.8 Å². The van der Waals surface area contributed by atoms with Gasteiger partial charge in [0.2, 0.25) is 0 Å². The number of likely N-dealkylation sites (N-methyl/N-ethyl adjacent to an activating group) is 1. The minimum absolute atomic E-state index is 0. The van der Waals surface area contributed by atoms with Gasteiger partial charge in [0.15, 0.2) is 0 Å². The highest BCUT2D eigenvalue weighted by Gasteiger charge is 2.02. The number of nitrogen functional groups attached to an aromatic ring is 2. The van der Waals surface area contributed by atoms with Gasteiger partial charge in [-0.3, -0.25) is 0 Å². The van der Waals surface area contributed by atoms with E-state index in [4.69, 9.17) is 16.2 Å². The van der Waals surface area contributed by atoms with E-state index < -0.39 is 0 Å². The lowest BCUT2D eigenvalue weighted by molar-refractivity contribution is 0.223. The number of rotatable bonds is 6. The zero-order valence-corrected chi connectivity index (χ0v) is 13.7. The molecule has 1 aromatic carbocycles. The number of hydrogen-bond donors (Lipinski definition) is 2. The molecule has 0 atom stereocenters. The van der Waals surface area contributed by atoms with Crippen LogP contribution >= 0.6 is 37.2 Å². The molecule has 0 spiro atoms. The third kappa shape index (κ3) is 8.26. The van der Waals surface area contributed by atoms with Crippen LogP contribution in [0, 0.1) is 0 Å². The molecule has 0 fully saturated rings. The van der Waals surface area contributed by atoms with Gasteiger partial charge in [-0.25, -0.2) is 0 Å². The number of halogens is 3. The second-order valence-corrected chi connectivity index (χ2v) is 3.67. The summed E-state index contributed by atoms with van der Waals surface area (Å²) in [6, 6.07) is 5.32. The predicted molar refractivity (Wildman–Crippen MR) is 90.3 cm³/mol. The topological polar surface area (TPSA) is 64.5 Å². The average Bonchev–Trinajstić information content (AvgIpc) is 2.27. The zero-order chi connectivity index (χ0) is 12.0. The molecular formula is C12H24Cl3N3O. The quantitative estimate of drug-likeness (QED) is 0.786. The van der Waals surface area contributed by atoms with Crippen molar-refractivity contribution in [2.45, 2.75) is 13.8 Å².